The lowest BCUT2D eigenvalue weighted by Crippen LogP contribution is -2.54. The van der Waals surface area contributed by atoms with Crippen molar-refractivity contribution < 1.29 is 24.2 Å². The second-order valence-corrected chi connectivity index (χ2v) is 7.28. The SMILES string of the molecule is Cc1ccc(N2C(=O)/C(=C\c3ccc(O[C@H](C)C(=O)[O-])cc3)C(=O)NC2=S)c(C)c1. The van der Waals surface area contributed by atoms with Crippen molar-refractivity contribution in [2.24, 2.45) is 0 Å². The topological polar surface area (TPSA) is 98.8 Å². The van der Waals surface area contributed by atoms with Gasteiger partial charge in [0, 0.05) is 0 Å². The molecule has 7 nitrogen and oxygen atoms in total. The molecular weight excluding hydrogens is 404 g/mol. The molecule has 1 aliphatic heterocycles. The van der Waals surface area contributed by atoms with Crippen molar-refractivity contribution in [3.05, 3.63) is 64.7 Å². The smallest absolute Gasteiger partial charge is 0.270 e. The quantitative estimate of drug-likeness (QED) is 0.446. The number of amides is 2. The highest BCUT2D eigenvalue weighted by atomic mass is 32.1. The predicted molar refractivity (Wildman–Crippen MR) is 114 cm³/mol. The Labute approximate surface area is 179 Å². The van der Waals surface area contributed by atoms with E-state index in [-0.39, 0.29) is 10.7 Å². The second-order valence-electron chi connectivity index (χ2n) is 6.90. The molecule has 2 aromatic rings. The summed E-state index contributed by atoms with van der Waals surface area (Å²) in [6, 6.07) is 11.9. The van der Waals surface area contributed by atoms with Gasteiger partial charge in [-0.25, -0.2) is 0 Å². The van der Waals surface area contributed by atoms with Crippen LogP contribution in [0.25, 0.3) is 6.08 Å². The third-order valence-corrected chi connectivity index (χ3v) is 4.82. The van der Waals surface area contributed by atoms with Crippen molar-refractivity contribution in [3.8, 4) is 5.75 Å². The Hall–Kier alpha value is -3.52. The summed E-state index contributed by atoms with van der Waals surface area (Å²) in [5.41, 5.74) is 2.99. The normalized spacial score (nSPS) is 16.4. The van der Waals surface area contributed by atoms with Crippen molar-refractivity contribution in [2.45, 2.75) is 26.9 Å². The van der Waals surface area contributed by atoms with Gasteiger partial charge in [-0.3, -0.25) is 19.8 Å². The van der Waals surface area contributed by atoms with Crippen LogP contribution < -0.4 is 20.1 Å². The van der Waals surface area contributed by atoms with Crippen LogP contribution in [0.15, 0.2) is 48.0 Å². The molecule has 1 heterocycles. The Balaban J connectivity index is 1.90. The summed E-state index contributed by atoms with van der Waals surface area (Å²) in [6.45, 7) is 5.17. The maximum Gasteiger partial charge on any atom is 0.270 e. The fraction of sp³-hybridized carbons (Fsp3) is 0.182. The molecule has 30 heavy (non-hydrogen) atoms. The number of nitrogens with zero attached hydrogens (tertiary/aromatic N) is 1. The minimum Gasteiger partial charge on any atom is -0.546 e. The van der Waals surface area contributed by atoms with Gasteiger partial charge in [0.15, 0.2) is 5.11 Å². The number of ether oxygens (including phenoxy) is 1. The average Bonchev–Trinajstić information content (AvgIpc) is 2.67. The summed E-state index contributed by atoms with van der Waals surface area (Å²) >= 11 is 5.23. The zero-order valence-electron chi connectivity index (χ0n) is 16.6. The number of rotatable bonds is 5. The molecule has 0 spiro atoms. The summed E-state index contributed by atoms with van der Waals surface area (Å²) in [5.74, 6) is -2.11. The Bertz CT molecular complexity index is 1080. The third kappa shape index (κ3) is 4.38. The number of aryl methyl sites for hydroxylation is 2. The van der Waals surface area contributed by atoms with E-state index in [1.54, 1.807) is 30.3 Å². The Morgan fingerprint density at radius 3 is 2.43 bits per heavy atom. The number of nitrogens with one attached hydrogen (secondary N) is 1. The summed E-state index contributed by atoms with van der Waals surface area (Å²) in [6.07, 6.45) is 0.342. The average molecular weight is 423 g/mol. The largest absolute Gasteiger partial charge is 0.546 e. The fourth-order valence-corrected chi connectivity index (χ4v) is 3.27. The molecule has 0 saturated carbocycles. The van der Waals surface area contributed by atoms with Crippen molar-refractivity contribution in [2.75, 3.05) is 4.90 Å². The zero-order chi connectivity index (χ0) is 22.0. The molecule has 0 aromatic heterocycles. The number of aliphatic carboxylic acids is 1. The molecule has 8 heteroatoms. The van der Waals surface area contributed by atoms with Crippen LogP contribution in [0, 0.1) is 13.8 Å². The molecule has 154 valence electrons. The molecule has 1 N–H and O–H groups in total. The van der Waals surface area contributed by atoms with E-state index in [2.05, 4.69) is 5.32 Å². The summed E-state index contributed by atoms with van der Waals surface area (Å²) in [7, 11) is 0. The van der Waals surface area contributed by atoms with Gasteiger partial charge in [-0.05, 0) is 68.4 Å². The molecule has 1 fully saturated rings. The lowest BCUT2D eigenvalue weighted by atomic mass is 10.0. The highest BCUT2D eigenvalue weighted by Crippen LogP contribution is 2.26. The summed E-state index contributed by atoms with van der Waals surface area (Å²) in [5, 5.41) is 13.4. The van der Waals surface area contributed by atoms with E-state index in [0.717, 1.165) is 11.1 Å². The standard InChI is InChI=1S/C22H20N2O5S/c1-12-4-9-18(13(2)10-12)24-20(26)17(19(25)23-22(24)30)11-15-5-7-16(8-6-15)29-14(3)21(27)28/h4-11,14H,1-3H3,(H,27,28)(H,23,25,30)/p-1/b17-11-/t14-/m1/s1. The highest BCUT2D eigenvalue weighted by molar-refractivity contribution is 7.80. The van der Waals surface area contributed by atoms with Crippen LogP contribution >= 0.6 is 12.2 Å². The first kappa shape index (κ1) is 21.2. The first-order valence-corrected chi connectivity index (χ1v) is 9.54. The number of anilines is 1. The molecule has 2 amide bonds. The van der Waals surface area contributed by atoms with Crippen LogP contribution in [-0.4, -0.2) is 29.0 Å². The first-order chi connectivity index (χ1) is 14.2. The molecule has 0 aliphatic carbocycles. The number of carboxylic acid groups (broad SMARTS) is 1. The van der Waals surface area contributed by atoms with E-state index in [4.69, 9.17) is 17.0 Å². The van der Waals surface area contributed by atoms with Crippen molar-refractivity contribution >= 4 is 46.9 Å². The van der Waals surface area contributed by atoms with Gasteiger partial charge in [-0.15, -0.1) is 0 Å². The van der Waals surface area contributed by atoms with Gasteiger partial charge in [0.2, 0.25) is 0 Å². The first-order valence-electron chi connectivity index (χ1n) is 9.13. The monoisotopic (exact) mass is 423 g/mol. The zero-order valence-corrected chi connectivity index (χ0v) is 17.4. The van der Waals surface area contributed by atoms with E-state index in [1.165, 1.54) is 17.9 Å². The maximum atomic E-state index is 13.1. The number of thiocarbonyl (C=S) groups is 1. The van der Waals surface area contributed by atoms with Gasteiger partial charge in [0.1, 0.15) is 17.4 Å². The Kier molecular flexibility index (Phi) is 5.98. The van der Waals surface area contributed by atoms with Crippen LogP contribution in [0.1, 0.15) is 23.6 Å². The second kappa shape index (κ2) is 8.46. The molecule has 0 radical (unpaired) electrons. The Morgan fingerprint density at radius 2 is 1.83 bits per heavy atom. The van der Waals surface area contributed by atoms with Crippen LogP contribution in [0.2, 0.25) is 0 Å². The highest BCUT2D eigenvalue weighted by Gasteiger charge is 2.35. The summed E-state index contributed by atoms with van der Waals surface area (Å²) < 4.78 is 5.22. The van der Waals surface area contributed by atoms with Gasteiger partial charge in [-0.2, -0.15) is 0 Å². The van der Waals surface area contributed by atoms with Crippen molar-refractivity contribution in [3.63, 3.8) is 0 Å². The van der Waals surface area contributed by atoms with E-state index >= 15 is 0 Å². The maximum absolute atomic E-state index is 13.1. The number of hydrogen-bond donors (Lipinski definition) is 1. The molecule has 1 atom stereocenters. The molecule has 3 rings (SSSR count). The predicted octanol–water partition coefficient (Wildman–Crippen LogP) is 1.65. The molecular formula is C22H19N2O5S-. The van der Waals surface area contributed by atoms with Gasteiger partial charge >= 0.3 is 0 Å². The molecule has 0 bridgehead atoms. The van der Waals surface area contributed by atoms with Gasteiger partial charge in [0.05, 0.1) is 11.7 Å². The number of carbonyl (C=O) groups excluding carboxylic acids is 3. The minimum absolute atomic E-state index is 0.0223. The third-order valence-electron chi connectivity index (χ3n) is 4.53. The lowest BCUT2D eigenvalue weighted by Gasteiger charge is -2.30. The molecule has 1 saturated heterocycles. The number of benzene rings is 2. The lowest BCUT2D eigenvalue weighted by molar-refractivity contribution is -0.312. The molecule has 1 aliphatic rings. The fourth-order valence-electron chi connectivity index (χ4n) is 2.99. The van der Waals surface area contributed by atoms with Gasteiger partial charge < -0.3 is 14.6 Å². The number of hydrogen-bond acceptors (Lipinski definition) is 6. The van der Waals surface area contributed by atoms with E-state index in [9.17, 15) is 19.5 Å². The number of carbonyl (C=O) groups is 3. The van der Waals surface area contributed by atoms with E-state index < -0.39 is 23.9 Å². The van der Waals surface area contributed by atoms with Gasteiger partial charge in [-0.1, -0.05) is 29.8 Å². The Morgan fingerprint density at radius 1 is 1.17 bits per heavy atom. The van der Waals surface area contributed by atoms with Crippen LogP contribution in [0.4, 0.5) is 5.69 Å². The van der Waals surface area contributed by atoms with Crippen molar-refractivity contribution in [1.29, 1.82) is 0 Å². The van der Waals surface area contributed by atoms with Crippen LogP contribution in [-0.2, 0) is 14.4 Å². The molecule has 0 unspecified atom stereocenters. The van der Waals surface area contributed by atoms with E-state index in [1.807, 2.05) is 26.0 Å². The van der Waals surface area contributed by atoms with Crippen LogP contribution in [0.5, 0.6) is 5.75 Å². The molecule has 2 aromatic carbocycles. The van der Waals surface area contributed by atoms with Crippen molar-refractivity contribution in [1.82, 2.24) is 5.32 Å². The van der Waals surface area contributed by atoms with Crippen LogP contribution in [0.3, 0.4) is 0 Å². The number of carboxylic acids is 1. The minimum atomic E-state index is -1.33. The van der Waals surface area contributed by atoms with E-state index in [0.29, 0.717) is 17.0 Å². The summed E-state index contributed by atoms with van der Waals surface area (Å²) in [4.78, 5) is 37.6. The van der Waals surface area contributed by atoms with Gasteiger partial charge in [0.25, 0.3) is 11.8 Å².